The van der Waals surface area contributed by atoms with Crippen LogP contribution in [-0.4, -0.2) is 41.4 Å². The number of benzene rings is 2. The van der Waals surface area contributed by atoms with Crippen LogP contribution in [0.5, 0.6) is 0 Å². The summed E-state index contributed by atoms with van der Waals surface area (Å²) >= 11 is 0. The zero-order chi connectivity index (χ0) is 19.2. The zero-order valence-electron chi connectivity index (χ0n) is 14.9. The molecule has 142 valence electrons. The molecule has 1 atom stereocenters. The van der Waals surface area contributed by atoms with Crippen molar-refractivity contribution in [2.75, 3.05) is 13.2 Å². The molecule has 27 heavy (non-hydrogen) atoms. The first-order valence-corrected chi connectivity index (χ1v) is 9.01. The summed E-state index contributed by atoms with van der Waals surface area (Å²) < 4.78 is 5.26. The van der Waals surface area contributed by atoms with Crippen LogP contribution < -0.4 is 5.32 Å². The number of nitrogens with one attached hydrogen (secondary N) is 1. The predicted molar refractivity (Wildman–Crippen MR) is 100 cm³/mol. The van der Waals surface area contributed by atoms with Crippen molar-refractivity contribution in [1.29, 1.82) is 0 Å². The van der Waals surface area contributed by atoms with Crippen LogP contribution in [0.15, 0.2) is 48.5 Å². The number of ether oxygens (including phenoxy) is 1. The summed E-state index contributed by atoms with van der Waals surface area (Å²) in [5.41, 5.74) is 2.77. The molecule has 0 radical (unpaired) electrons. The Labute approximate surface area is 157 Å². The van der Waals surface area contributed by atoms with Gasteiger partial charge in [0.2, 0.25) is 5.91 Å². The number of hydrogen-bond acceptors (Lipinski definition) is 4. The highest BCUT2D eigenvalue weighted by Gasteiger charge is 2.27. The fraction of sp³-hybridized carbons (Fsp3) is 0.333. The van der Waals surface area contributed by atoms with Crippen molar-refractivity contribution in [2.24, 2.45) is 5.92 Å². The lowest BCUT2D eigenvalue weighted by atomic mass is 9.93. The Hall–Kier alpha value is -2.70. The van der Waals surface area contributed by atoms with Gasteiger partial charge in [0.05, 0.1) is 5.56 Å². The summed E-state index contributed by atoms with van der Waals surface area (Å²) in [4.78, 5) is 23.4. The molecule has 0 bridgehead atoms. The first-order chi connectivity index (χ1) is 13.0. The largest absolute Gasteiger partial charge is 0.478 e. The molecule has 6 nitrogen and oxygen atoms in total. The van der Waals surface area contributed by atoms with Gasteiger partial charge in [-0.25, -0.2) is 4.79 Å². The van der Waals surface area contributed by atoms with E-state index in [1.54, 1.807) is 18.2 Å². The Kier molecular flexibility index (Phi) is 6.21. The van der Waals surface area contributed by atoms with Crippen LogP contribution in [0.25, 0.3) is 11.1 Å². The van der Waals surface area contributed by atoms with Crippen LogP contribution in [0.3, 0.4) is 0 Å². The number of aliphatic hydroxyl groups excluding tert-OH is 1. The van der Waals surface area contributed by atoms with Gasteiger partial charge in [-0.1, -0.05) is 30.3 Å². The lowest BCUT2D eigenvalue weighted by Gasteiger charge is -2.25. The van der Waals surface area contributed by atoms with E-state index < -0.39 is 12.1 Å². The lowest BCUT2D eigenvalue weighted by Crippen LogP contribution is -2.41. The minimum Gasteiger partial charge on any atom is -0.478 e. The van der Waals surface area contributed by atoms with Gasteiger partial charge in [0.25, 0.3) is 0 Å². The Balaban J connectivity index is 1.64. The van der Waals surface area contributed by atoms with Gasteiger partial charge in [0, 0.05) is 19.8 Å². The Morgan fingerprint density at radius 2 is 1.74 bits per heavy atom. The normalized spacial score (nSPS) is 15.9. The van der Waals surface area contributed by atoms with E-state index in [1.807, 2.05) is 30.3 Å². The van der Waals surface area contributed by atoms with Crippen LogP contribution in [0.4, 0.5) is 0 Å². The molecule has 6 heteroatoms. The van der Waals surface area contributed by atoms with E-state index >= 15 is 0 Å². The number of carbonyl (C=O) groups is 2. The van der Waals surface area contributed by atoms with Crippen LogP contribution in [-0.2, 0) is 16.1 Å². The van der Waals surface area contributed by atoms with Crippen molar-refractivity contribution in [3.8, 4) is 11.1 Å². The smallest absolute Gasteiger partial charge is 0.335 e. The average molecular weight is 369 g/mol. The highest BCUT2D eigenvalue weighted by Crippen LogP contribution is 2.22. The Morgan fingerprint density at radius 3 is 2.44 bits per heavy atom. The third-order valence-electron chi connectivity index (χ3n) is 4.82. The molecular weight excluding hydrogens is 346 g/mol. The maximum Gasteiger partial charge on any atom is 0.335 e. The second-order valence-corrected chi connectivity index (χ2v) is 6.70. The van der Waals surface area contributed by atoms with Crippen LogP contribution >= 0.6 is 0 Å². The molecule has 0 saturated carbocycles. The van der Waals surface area contributed by atoms with E-state index in [1.165, 1.54) is 0 Å². The molecule has 0 aromatic heterocycles. The monoisotopic (exact) mass is 369 g/mol. The third-order valence-corrected chi connectivity index (χ3v) is 4.82. The van der Waals surface area contributed by atoms with Gasteiger partial charge in [-0.05, 0) is 53.6 Å². The summed E-state index contributed by atoms with van der Waals surface area (Å²) in [5.74, 6) is -1.41. The van der Waals surface area contributed by atoms with Gasteiger partial charge in [0.15, 0.2) is 0 Å². The molecule has 1 aliphatic heterocycles. The Morgan fingerprint density at radius 1 is 1.07 bits per heavy atom. The summed E-state index contributed by atoms with van der Waals surface area (Å²) in [6, 6.07) is 14.3. The molecule has 1 amide bonds. The van der Waals surface area contributed by atoms with E-state index in [-0.39, 0.29) is 17.4 Å². The summed E-state index contributed by atoms with van der Waals surface area (Å²) in [5, 5.41) is 22.1. The number of rotatable bonds is 6. The quantitative estimate of drug-likeness (QED) is 0.727. The number of hydrogen-bond donors (Lipinski definition) is 3. The molecular formula is C21H23NO5. The summed E-state index contributed by atoms with van der Waals surface area (Å²) in [7, 11) is 0. The molecule has 3 rings (SSSR count). The van der Waals surface area contributed by atoms with Crippen LogP contribution in [0.1, 0.15) is 28.8 Å². The number of carboxylic acids is 1. The van der Waals surface area contributed by atoms with Crippen molar-refractivity contribution < 1.29 is 24.5 Å². The fourth-order valence-electron chi connectivity index (χ4n) is 3.23. The number of carboxylic acid groups (broad SMARTS) is 1. The number of aliphatic hydroxyl groups is 1. The molecule has 2 aromatic carbocycles. The standard InChI is InChI=1S/C21H23NO5/c23-19(15-7-9-27-10-8-15)20(24)22-13-14-3-1-4-16(11-14)17-5-2-6-18(12-17)21(25)26/h1-6,11-12,15,19,23H,7-10,13H2,(H,22,24)(H,25,26)/t19-/m1/s1. The molecule has 3 N–H and O–H groups in total. The Bertz CT molecular complexity index is 814. The highest BCUT2D eigenvalue weighted by molar-refractivity contribution is 5.89. The zero-order valence-corrected chi connectivity index (χ0v) is 14.9. The average Bonchev–Trinajstić information content (AvgIpc) is 2.72. The van der Waals surface area contributed by atoms with Gasteiger partial charge in [-0.3, -0.25) is 4.79 Å². The van der Waals surface area contributed by atoms with E-state index in [9.17, 15) is 14.7 Å². The van der Waals surface area contributed by atoms with Crippen molar-refractivity contribution in [3.63, 3.8) is 0 Å². The lowest BCUT2D eigenvalue weighted by molar-refractivity contribution is -0.134. The second-order valence-electron chi connectivity index (χ2n) is 6.70. The van der Waals surface area contributed by atoms with Gasteiger partial charge in [-0.15, -0.1) is 0 Å². The molecule has 0 aliphatic carbocycles. The second kappa shape index (κ2) is 8.79. The van der Waals surface area contributed by atoms with E-state index in [4.69, 9.17) is 9.84 Å². The predicted octanol–water partition coefficient (Wildman–Crippen LogP) is 2.46. The van der Waals surface area contributed by atoms with E-state index in [0.29, 0.717) is 32.6 Å². The first kappa shape index (κ1) is 19.1. The molecule has 2 aromatic rings. The van der Waals surface area contributed by atoms with Crippen molar-refractivity contribution >= 4 is 11.9 Å². The van der Waals surface area contributed by atoms with Crippen molar-refractivity contribution in [3.05, 3.63) is 59.7 Å². The molecule has 0 unspecified atom stereocenters. The van der Waals surface area contributed by atoms with Gasteiger partial charge < -0.3 is 20.3 Å². The molecule has 1 aliphatic rings. The van der Waals surface area contributed by atoms with Crippen LogP contribution in [0.2, 0.25) is 0 Å². The van der Waals surface area contributed by atoms with Gasteiger partial charge in [-0.2, -0.15) is 0 Å². The summed E-state index contributed by atoms with van der Waals surface area (Å²) in [6.45, 7) is 1.45. The van der Waals surface area contributed by atoms with Crippen LogP contribution in [0, 0.1) is 5.92 Å². The molecule has 1 heterocycles. The van der Waals surface area contributed by atoms with Crippen molar-refractivity contribution in [2.45, 2.75) is 25.5 Å². The maximum atomic E-state index is 12.2. The molecule has 1 fully saturated rings. The number of aromatic carboxylic acids is 1. The summed E-state index contributed by atoms with van der Waals surface area (Å²) in [6.07, 6.45) is 0.345. The topological polar surface area (TPSA) is 95.9 Å². The van der Waals surface area contributed by atoms with E-state index in [0.717, 1.165) is 16.7 Å². The minimum atomic E-state index is -1.02. The third kappa shape index (κ3) is 4.93. The maximum absolute atomic E-state index is 12.2. The molecule has 0 spiro atoms. The SMILES string of the molecule is O=C(O)c1cccc(-c2cccc(CNC(=O)[C@H](O)C3CCOCC3)c2)c1. The number of carbonyl (C=O) groups excluding carboxylic acids is 1. The minimum absolute atomic E-state index is 0.0659. The fourth-order valence-corrected chi connectivity index (χ4v) is 3.23. The van der Waals surface area contributed by atoms with E-state index in [2.05, 4.69) is 5.32 Å². The highest BCUT2D eigenvalue weighted by atomic mass is 16.5. The molecule has 1 saturated heterocycles. The van der Waals surface area contributed by atoms with Gasteiger partial charge in [0.1, 0.15) is 6.10 Å². The van der Waals surface area contributed by atoms with Gasteiger partial charge >= 0.3 is 5.97 Å². The first-order valence-electron chi connectivity index (χ1n) is 9.01. The van der Waals surface area contributed by atoms with Crippen molar-refractivity contribution in [1.82, 2.24) is 5.32 Å². The number of amides is 1.